The van der Waals surface area contributed by atoms with Crippen LogP contribution in [0.5, 0.6) is 0 Å². The molecular weight excluding hydrogens is 186 g/mol. The first-order valence-corrected chi connectivity index (χ1v) is 6.00. The molecule has 1 atom stereocenters. The zero-order valence-electron chi connectivity index (χ0n) is 9.52. The highest BCUT2D eigenvalue weighted by atomic mass is 15.1. The van der Waals surface area contributed by atoms with Crippen molar-refractivity contribution in [2.24, 2.45) is 18.7 Å². The predicted octanol–water partition coefficient (Wildman–Crippen LogP) is 2.39. The summed E-state index contributed by atoms with van der Waals surface area (Å²) < 4.78 is 2.04. The fraction of sp³-hybridized carbons (Fsp3) is 0.750. The standard InChI is InChI=1S/C12H21N3/c1-15-8-7-14-12(15)11(13)9-10-5-3-2-4-6-10/h7-8,10-11H,2-6,9,13H2,1H3. The van der Waals surface area contributed by atoms with Crippen LogP contribution in [-0.4, -0.2) is 9.55 Å². The summed E-state index contributed by atoms with van der Waals surface area (Å²) in [5.74, 6) is 1.85. The van der Waals surface area contributed by atoms with Gasteiger partial charge in [-0.25, -0.2) is 4.98 Å². The molecule has 0 bridgehead atoms. The molecule has 1 aliphatic carbocycles. The Morgan fingerprint density at radius 3 is 2.80 bits per heavy atom. The molecule has 0 spiro atoms. The van der Waals surface area contributed by atoms with Crippen LogP contribution in [0, 0.1) is 5.92 Å². The van der Waals surface area contributed by atoms with E-state index in [1.54, 1.807) is 0 Å². The van der Waals surface area contributed by atoms with Crippen molar-refractivity contribution in [3.63, 3.8) is 0 Å². The summed E-state index contributed by atoms with van der Waals surface area (Å²) in [6.45, 7) is 0. The molecule has 0 aliphatic heterocycles. The Kier molecular flexibility index (Phi) is 3.41. The molecule has 1 heterocycles. The number of hydrogen-bond acceptors (Lipinski definition) is 2. The topological polar surface area (TPSA) is 43.8 Å². The van der Waals surface area contributed by atoms with E-state index >= 15 is 0 Å². The van der Waals surface area contributed by atoms with Gasteiger partial charge in [-0.3, -0.25) is 0 Å². The first-order valence-electron chi connectivity index (χ1n) is 6.00. The average Bonchev–Trinajstić information content (AvgIpc) is 2.66. The Morgan fingerprint density at radius 2 is 2.20 bits per heavy atom. The van der Waals surface area contributed by atoms with Crippen LogP contribution in [0.15, 0.2) is 12.4 Å². The van der Waals surface area contributed by atoms with Crippen molar-refractivity contribution in [1.82, 2.24) is 9.55 Å². The zero-order chi connectivity index (χ0) is 10.7. The second-order valence-corrected chi connectivity index (χ2v) is 4.74. The summed E-state index contributed by atoms with van der Waals surface area (Å²) in [5, 5.41) is 0. The van der Waals surface area contributed by atoms with Crippen LogP contribution in [0.25, 0.3) is 0 Å². The molecule has 1 saturated carbocycles. The molecule has 1 aromatic rings. The fourth-order valence-electron chi connectivity index (χ4n) is 2.62. The molecule has 1 unspecified atom stereocenters. The molecule has 2 rings (SSSR count). The number of aryl methyl sites for hydroxylation is 1. The van der Waals surface area contributed by atoms with E-state index in [-0.39, 0.29) is 6.04 Å². The minimum Gasteiger partial charge on any atom is -0.337 e. The second kappa shape index (κ2) is 4.79. The Morgan fingerprint density at radius 1 is 1.47 bits per heavy atom. The lowest BCUT2D eigenvalue weighted by atomic mass is 9.85. The van der Waals surface area contributed by atoms with Gasteiger partial charge in [0, 0.05) is 19.4 Å². The first kappa shape index (κ1) is 10.7. The van der Waals surface area contributed by atoms with E-state index < -0.39 is 0 Å². The van der Waals surface area contributed by atoms with Gasteiger partial charge in [-0.15, -0.1) is 0 Å². The van der Waals surface area contributed by atoms with Gasteiger partial charge >= 0.3 is 0 Å². The molecular formula is C12H21N3. The van der Waals surface area contributed by atoms with Crippen molar-refractivity contribution in [3.8, 4) is 0 Å². The monoisotopic (exact) mass is 207 g/mol. The quantitative estimate of drug-likeness (QED) is 0.827. The SMILES string of the molecule is Cn1ccnc1C(N)CC1CCCCC1. The highest BCUT2D eigenvalue weighted by Crippen LogP contribution is 2.30. The second-order valence-electron chi connectivity index (χ2n) is 4.74. The minimum atomic E-state index is 0.119. The largest absolute Gasteiger partial charge is 0.337 e. The molecule has 84 valence electrons. The van der Waals surface area contributed by atoms with E-state index in [0.717, 1.165) is 18.2 Å². The number of aromatic nitrogens is 2. The summed E-state index contributed by atoms with van der Waals surface area (Å²) in [6.07, 6.45) is 11.8. The molecule has 0 radical (unpaired) electrons. The lowest BCUT2D eigenvalue weighted by Gasteiger charge is -2.24. The molecule has 0 aromatic carbocycles. The molecule has 2 N–H and O–H groups in total. The van der Waals surface area contributed by atoms with Gasteiger partial charge in [0.2, 0.25) is 0 Å². The van der Waals surface area contributed by atoms with Crippen LogP contribution in [0.1, 0.15) is 50.4 Å². The smallest absolute Gasteiger partial charge is 0.125 e. The number of rotatable bonds is 3. The summed E-state index contributed by atoms with van der Waals surface area (Å²) in [5.41, 5.74) is 6.19. The molecule has 1 aromatic heterocycles. The third-order valence-electron chi connectivity index (χ3n) is 3.50. The minimum absolute atomic E-state index is 0.119. The van der Waals surface area contributed by atoms with E-state index in [1.165, 1.54) is 32.1 Å². The van der Waals surface area contributed by atoms with Gasteiger partial charge in [0.25, 0.3) is 0 Å². The van der Waals surface area contributed by atoms with E-state index in [4.69, 9.17) is 5.73 Å². The molecule has 1 aliphatic rings. The highest BCUT2D eigenvalue weighted by Gasteiger charge is 2.19. The normalized spacial score (nSPS) is 20.4. The number of hydrogen-bond donors (Lipinski definition) is 1. The molecule has 15 heavy (non-hydrogen) atoms. The maximum atomic E-state index is 6.19. The van der Waals surface area contributed by atoms with Gasteiger partial charge in [-0.05, 0) is 12.3 Å². The summed E-state index contributed by atoms with van der Waals surface area (Å²) >= 11 is 0. The van der Waals surface area contributed by atoms with Crippen molar-refractivity contribution in [1.29, 1.82) is 0 Å². The van der Waals surface area contributed by atoms with Crippen molar-refractivity contribution >= 4 is 0 Å². The zero-order valence-corrected chi connectivity index (χ0v) is 9.52. The fourth-order valence-corrected chi connectivity index (χ4v) is 2.62. The Labute approximate surface area is 91.7 Å². The van der Waals surface area contributed by atoms with E-state index in [2.05, 4.69) is 4.98 Å². The average molecular weight is 207 g/mol. The lowest BCUT2D eigenvalue weighted by molar-refractivity contribution is 0.314. The van der Waals surface area contributed by atoms with Crippen molar-refractivity contribution in [3.05, 3.63) is 18.2 Å². The van der Waals surface area contributed by atoms with Gasteiger partial charge in [0.1, 0.15) is 5.82 Å². The summed E-state index contributed by atoms with van der Waals surface area (Å²) in [4.78, 5) is 4.32. The molecule has 3 nitrogen and oxygen atoms in total. The van der Waals surface area contributed by atoms with Gasteiger partial charge in [0.15, 0.2) is 0 Å². The van der Waals surface area contributed by atoms with Crippen LogP contribution in [-0.2, 0) is 7.05 Å². The third-order valence-corrected chi connectivity index (χ3v) is 3.50. The van der Waals surface area contributed by atoms with E-state index in [1.807, 2.05) is 24.0 Å². The number of imidazole rings is 1. The van der Waals surface area contributed by atoms with Crippen molar-refractivity contribution in [2.45, 2.75) is 44.6 Å². The lowest BCUT2D eigenvalue weighted by Crippen LogP contribution is -2.20. The maximum Gasteiger partial charge on any atom is 0.125 e. The molecule has 0 saturated heterocycles. The number of nitrogens with two attached hydrogens (primary N) is 1. The van der Waals surface area contributed by atoms with Gasteiger partial charge in [-0.1, -0.05) is 32.1 Å². The maximum absolute atomic E-state index is 6.19. The van der Waals surface area contributed by atoms with Crippen LogP contribution < -0.4 is 5.73 Å². The summed E-state index contributed by atoms with van der Waals surface area (Å²) in [7, 11) is 2.02. The van der Waals surface area contributed by atoms with E-state index in [9.17, 15) is 0 Å². The molecule has 0 amide bonds. The van der Waals surface area contributed by atoms with Crippen LogP contribution in [0.3, 0.4) is 0 Å². The van der Waals surface area contributed by atoms with Crippen molar-refractivity contribution in [2.75, 3.05) is 0 Å². The Balaban J connectivity index is 1.91. The van der Waals surface area contributed by atoms with E-state index in [0.29, 0.717) is 0 Å². The first-order chi connectivity index (χ1) is 7.27. The third kappa shape index (κ3) is 2.59. The van der Waals surface area contributed by atoms with Crippen LogP contribution in [0.2, 0.25) is 0 Å². The Bertz CT molecular complexity index is 300. The Hall–Kier alpha value is -0.830. The van der Waals surface area contributed by atoms with Gasteiger partial charge in [-0.2, -0.15) is 0 Å². The van der Waals surface area contributed by atoms with Crippen molar-refractivity contribution < 1.29 is 0 Å². The van der Waals surface area contributed by atoms with Gasteiger partial charge in [0.05, 0.1) is 6.04 Å². The number of nitrogens with zero attached hydrogens (tertiary/aromatic N) is 2. The van der Waals surface area contributed by atoms with Crippen LogP contribution in [0.4, 0.5) is 0 Å². The predicted molar refractivity (Wildman–Crippen MR) is 61.3 cm³/mol. The van der Waals surface area contributed by atoms with Gasteiger partial charge < -0.3 is 10.3 Å². The molecule has 1 fully saturated rings. The molecule has 3 heteroatoms. The summed E-state index contributed by atoms with van der Waals surface area (Å²) in [6, 6.07) is 0.119. The highest BCUT2D eigenvalue weighted by molar-refractivity contribution is 4.98. The van der Waals surface area contributed by atoms with Crippen LogP contribution >= 0.6 is 0 Å².